The smallest absolute Gasteiger partial charge is 0.463 e. The second-order valence-corrected chi connectivity index (χ2v) is 9.62. The first-order valence-corrected chi connectivity index (χ1v) is 13.2. The van der Waals surface area contributed by atoms with E-state index in [0.29, 0.717) is 26.4 Å². The van der Waals surface area contributed by atoms with E-state index in [4.69, 9.17) is 18.4 Å². The molecule has 30 heavy (non-hydrogen) atoms. The molecule has 1 amide bonds. The summed E-state index contributed by atoms with van der Waals surface area (Å²) in [6.07, 6.45) is 2.46. The number of esters is 1. The Morgan fingerprint density at radius 3 is 1.80 bits per heavy atom. The van der Waals surface area contributed by atoms with Gasteiger partial charge >= 0.3 is 14.8 Å². The summed E-state index contributed by atoms with van der Waals surface area (Å²) in [5.41, 5.74) is 0. The maximum absolute atomic E-state index is 11.7. The van der Waals surface area contributed by atoms with Crippen molar-refractivity contribution in [1.82, 2.24) is 5.32 Å². The maximum atomic E-state index is 11.7. The summed E-state index contributed by atoms with van der Waals surface area (Å²) >= 11 is 0. The second kappa shape index (κ2) is 19.9. The molecule has 0 saturated carbocycles. The topological polar surface area (TPSA) is 103 Å². The van der Waals surface area contributed by atoms with Crippen LogP contribution in [0.3, 0.4) is 0 Å². The molecule has 0 spiro atoms. The Bertz CT molecular complexity index is 421. The molecule has 0 heterocycles. The summed E-state index contributed by atoms with van der Waals surface area (Å²) in [6.45, 7) is 16.0. The first-order chi connectivity index (χ1) is 14.3. The summed E-state index contributed by atoms with van der Waals surface area (Å²) in [7, 11) is -2.55. The number of amides is 1. The molecule has 9 heteroatoms. The molecule has 180 valence electrons. The number of carbonyl (C=O) groups excluding carboxylic acids is 2. The standard InChI is InChI=1S/C14H31NO4Si.C7H14O3/c1-6-13(5)14(16)15-11-10-12-20(17-7-2,18-8-3)19-9-4;1-3-6(2)7(9)10-5-4-8/h13H,6-12H2,1-5H3,(H,15,16);6,8H,3-5H2,1-2H3. The fourth-order valence-electron chi connectivity index (χ4n) is 2.33. The molecule has 8 nitrogen and oxygen atoms in total. The van der Waals surface area contributed by atoms with Gasteiger partial charge in [0, 0.05) is 38.3 Å². The van der Waals surface area contributed by atoms with Gasteiger partial charge in [-0.15, -0.1) is 0 Å². The van der Waals surface area contributed by atoms with Gasteiger partial charge in [-0.1, -0.05) is 27.7 Å². The minimum Gasteiger partial charge on any atom is -0.463 e. The van der Waals surface area contributed by atoms with Crippen LogP contribution in [0.2, 0.25) is 6.04 Å². The molecule has 0 fully saturated rings. The van der Waals surface area contributed by atoms with Crippen molar-refractivity contribution >= 4 is 20.7 Å². The monoisotopic (exact) mass is 451 g/mol. The lowest BCUT2D eigenvalue weighted by atomic mass is 10.1. The fraction of sp³-hybridized carbons (Fsp3) is 0.905. The van der Waals surface area contributed by atoms with Crippen LogP contribution in [0, 0.1) is 11.8 Å². The third kappa shape index (κ3) is 14.9. The summed E-state index contributed by atoms with van der Waals surface area (Å²) in [5, 5.41) is 11.2. The van der Waals surface area contributed by atoms with Crippen LogP contribution in [0.15, 0.2) is 0 Å². The molecule has 0 aromatic rings. The highest BCUT2D eigenvalue weighted by Gasteiger charge is 2.39. The van der Waals surface area contributed by atoms with E-state index in [1.54, 1.807) is 6.92 Å². The molecule has 0 aromatic heterocycles. The molecule has 0 aromatic carbocycles. The number of nitrogens with one attached hydrogen (secondary N) is 1. The van der Waals surface area contributed by atoms with E-state index < -0.39 is 8.80 Å². The maximum Gasteiger partial charge on any atom is 0.500 e. The van der Waals surface area contributed by atoms with E-state index in [1.807, 2.05) is 41.5 Å². The third-order valence-electron chi connectivity index (χ3n) is 4.46. The van der Waals surface area contributed by atoms with Gasteiger partial charge in [0.05, 0.1) is 12.5 Å². The molecular weight excluding hydrogens is 406 g/mol. The van der Waals surface area contributed by atoms with Crippen molar-refractivity contribution in [3.63, 3.8) is 0 Å². The Morgan fingerprint density at radius 1 is 0.900 bits per heavy atom. The predicted molar refractivity (Wildman–Crippen MR) is 120 cm³/mol. The molecule has 0 aliphatic heterocycles. The average Bonchev–Trinajstić information content (AvgIpc) is 2.74. The molecule has 2 unspecified atom stereocenters. The van der Waals surface area contributed by atoms with Gasteiger partial charge in [0.25, 0.3) is 0 Å². The zero-order valence-corrected chi connectivity index (χ0v) is 21.1. The van der Waals surface area contributed by atoms with Crippen LogP contribution >= 0.6 is 0 Å². The van der Waals surface area contributed by atoms with Crippen LogP contribution in [-0.2, 0) is 27.6 Å². The summed E-state index contributed by atoms with van der Waals surface area (Å²) < 4.78 is 22.0. The fourth-order valence-corrected chi connectivity index (χ4v) is 4.94. The number of hydrogen-bond donors (Lipinski definition) is 2. The first-order valence-electron chi connectivity index (χ1n) is 11.2. The SMILES string of the molecule is CCC(C)C(=O)OCCO.CCO[Si](CCCNC(=O)C(C)CC)(OCC)OCC. The number of carbonyl (C=O) groups is 2. The normalized spacial score (nSPS) is 13.1. The highest BCUT2D eigenvalue weighted by atomic mass is 28.4. The number of rotatable bonds is 16. The van der Waals surface area contributed by atoms with E-state index in [2.05, 4.69) is 10.1 Å². The largest absolute Gasteiger partial charge is 0.500 e. The minimum atomic E-state index is -2.55. The highest BCUT2D eigenvalue weighted by molar-refractivity contribution is 6.60. The Hall–Kier alpha value is -1.00. The van der Waals surface area contributed by atoms with Crippen LogP contribution in [0.25, 0.3) is 0 Å². The average molecular weight is 452 g/mol. The molecule has 2 atom stereocenters. The van der Waals surface area contributed by atoms with Gasteiger partial charge in [0.15, 0.2) is 0 Å². The number of hydrogen-bond acceptors (Lipinski definition) is 7. The van der Waals surface area contributed by atoms with E-state index >= 15 is 0 Å². The van der Waals surface area contributed by atoms with E-state index in [-0.39, 0.29) is 36.9 Å². The van der Waals surface area contributed by atoms with Gasteiger partial charge in [-0.25, -0.2) is 0 Å². The van der Waals surface area contributed by atoms with Crippen molar-refractivity contribution in [2.75, 3.05) is 39.6 Å². The van der Waals surface area contributed by atoms with Gasteiger partial charge in [0.2, 0.25) is 5.91 Å². The zero-order valence-electron chi connectivity index (χ0n) is 20.1. The van der Waals surface area contributed by atoms with Gasteiger partial charge in [-0.05, 0) is 40.0 Å². The van der Waals surface area contributed by atoms with Crippen molar-refractivity contribution in [2.45, 2.75) is 73.8 Å². The first kappa shape index (κ1) is 31.2. The lowest BCUT2D eigenvalue weighted by Crippen LogP contribution is -2.46. The number of aliphatic hydroxyl groups is 1. The summed E-state index contributed by atoms with van der Waals surface area (Å²) in [4.78, 5) is 22.5. The van der Waals surface area contributed by atoms with Crippen molar-refractivity contribution < 1.29 is 32.7 Å². The van der Waals surface area contributed by atoms with Crippen molar-refractivity contribution in [3.8, 4) is 0 Å². The Balaban J connectivity index is 0. The van der Waals surface area contributed by atoms with Gasteiger partial charge in [-0.3, -0.25) is 9.59 Å². The van der Waals surface area contributed by atoms with Crippen LogP contribution in [0.4, 0.5) is 0 Å². The van der Waals surface area contributed by atoms with Crippen molar-refractivity contribution in [3.05, 3.63) is 0 Å². The molecular formula is C21H45NO7Si. The molecule has 0 rings (SSSR count). The molecule has 0 bridgehead atoms. The van der Waals surface area contributed by atoms with Crippen molar-refractivity contribution in [2.24, 2.45) is 11.8 Å². The Labute approximate surface area is 184 Å². The quantitative estimate of drug-likeness (QED) is 0.211. The predicted octanol–water partition coefficient (Wildman–Crippen LogP) is 3.16. The van der Waals surface area contributed by atoms with E-state index in [9.17, 15) is 9.59 Å². The summed E-state index contributed by atoms with van der Waals surface area (Å²) in [5.74, 6) is -0.0882. The molecule has 0 aliphatic carbocycles. The third-order valence-corrected chi connectivity index (χ3v) is 7.61. The lowest BCUT2D eigenvalue weighted by molar-refractivity contribution is -0.149. The van der Waals surface area contributed by atoms with Gasteiger partial charge in [-0.2, -0.15) is 0 Å². The van der Waals surface area contributed by atoms with Crippen molar-refractivity contribution in [1.29, 1.82) is 0 Å². The van der Waals surface area contributed by atoms with Crippen LogP contribution in [-0.4, -0.2) is 65.4 Å². The van der Waals surface area contributed by atoms with Crippen LogP contribution < -0.4 is 5.32 Å². The highest BCUT2D eigenvalue weighted by Crippen LogP contribution is 2.17. The number of aliphatic hydroxyl groups excluding tert-OH is 1. The zero-order chi connectivity index (χ0) is 23.4. The molecule has 0 aliphatic rings. The van der Waals surface area contributed by atoms with Gasteiger partial charge in [0.1, 0.15) is 6.61 Å². The molecule has 0 saturated heterocycles. The molecule has 2 N–H and O–H groups in total. The minimum absolute atomic E-state index is 0.0495. The lowest BCUT2D eigenvalue weighted by Gasteiger charge is -2.28. The van der Waals surface area contributed by atoms with Crippen LogP contribution in [0.5, 0.6) is 0 Å². The second-order valence-electron chi connectivity index (χ2n) is 6.89. The number of ether oxygens (including phenoxy) is 1. The summed E-state index contributed by atoms with van der Waals surface area (Å²) in [6, 6.07) is 0.739. The Kier molecular flexibility index (Phi) is 20.7. The van der Waals surface area contributed by atoms with Crippen LogP contribution in [0.1, 0.15) is 67.7 Å². The van der Waals surface area contributed by atoms with E-state index in [1.165, 1.54) is 0 Å². The Morgan fingerprint density at radius 2 is 1.40 bits per heavy atom. The van der Waals surface area contributed by atoms with Gasteiger partial charge < -0.3 is 28.4 Å². The van der Waals surface area contributed by atoms with E-state index in [0.717, 1.165) is 25.3 Å². The molecule has 0 radical (unpaired) electrons.